The standard InChI is InChI=1S/C16H12N2O2/c19-13-7-3-5-10-15-11(8-14(20)18-16(10)13)9-4-1-2-6-12(9)17-15/h1-7,17,19H,8H2,(H,18,20). The maximum Gasteiger partial charge on any atom is 0.229 e. The second kappa shape index (κ2) is 3.87. The Labute approximate surface area is 115 Å². The number of benzene rings is 2. The number of carbonyl (C=O) groups excluding carboxylic acids is 1. The lowest BCUT2D eigenvalue weighted by molar-refractivity contribution is -0.115. The van der Waals surface area contributed by atoms with Crippen LogP contribution in [-0.4, -0.2) is 16.0 Å². The minimum Gasteiger partial charge on any atom is -0.506 e. The molecule has 0 bridgehead atoms. The monoisotopic (exact) mass is 264 g/mol. The van der Waals surface area contributed by atoms with Gasteiger partial charge in [-0.25, -0.2) is 0 Å². The first-order valence-corrected chi connectivity index (χ1v) is 6.46. The summed E-state index contributed by atoms with van der Waals surface area (Å²) >= 11 is 0. The average Bonchev–Trinajstić information content (AvgIpc) is 2.73. The Kier molecular flexibility index (Phi) is 2.15. The summed E-state index contributed by atoms with van der Waals surface area (Å²) in [5.74, 6) is -0.0291. The number of nitrogens with one attached hydrogen (secondary N) is 2. The SMILES string of the molecule is O=C1Cc2c([nH]c3ccccc23)-c2cccc(O)c2N1. The highest BCUT2D eigenvalue weighted by atomic mass is 16.3. The first kappa shape index (κ1) is 11.1. The zero-order valence-electron chi connectivity index (χ0n) is 10.6. The number of fused-ring (bicyclic) bond motifs is 5. The van der Waals surface area contributed by atoms with Gasteiger partial charge in [0.2, 0.25) is 5.91 Å². The zero-order valence-corrected chi connectivity index (χ0v) is 10.6. The third-order valence-electron chi connectivity index (χ3n) is 3.73. The average molecular weight is 264 g/mol. The number of aromatic nitrogens is 1. The number of phenols is 1. The van der Waals surface area contributed by atoms with Crippen molar-refractivity contribution in [3.63, 3.8) is 0 Å². The maximum absolute atomic E-state index is 12.1. The highest BCUT2D eigenvalue weighted by Gasteiger charge is 2.24. The van der Waals surface area contributed by atoms with Crippen LogP contribution in [0, 0.1) is 0 Å². The Morgan fingerprint density at radius 2 is 1.90 bits per heavy atom. The lowest BCUT2D eigenvalue weighted by atomic mass is 10.0. The molecule has 4 heteroatoms. The van der Waals surface area contributed by atoms with Gasteiger partial charge in [0.25, 0.3) is 0 Å². The van der Waals surface area contributed by atoms with Crippen LogP contribution >= 0.6 is 0 Å². The largest absolute Gasteiger partial charge is 0.506 e. The second-order valence-electron chi connectivity index (χ2n) is 4.95. The normalized spacial score (nSPS) is 13.5. The summed E-state index contributed by atoms with van der Waals surface area (Å²) in [5.41, 5.74) is 4.17. The molecule has 0 saturated heterocycles. The first-order valence-electron chi connectivity index (χ1n) is 6.46. The molecule has 1 aliphatic rings. The predicted octanol–water partition coefficient (Wildman–Crippen LogP) is 3.04. The minimum atomic E-state index is -0.115. The molecular formula is C16H12N2O2. The van der Waals surface area contributed by atoms with Crippen LogP contribution in [-0.2, 0) is 11.2 Å². The molecule has 1 amide bonds. The van der Waals surface area contributed by atoms with E-state index in [1.54, 1.807) is 12.1 Å². The Morgan fingerprint density at radius 3 is 2.80 bits per heavy atom. The fourth-order valence-corrected chi connectivity index (χ4v) is 2.84. The molecule has 2 aromatic carbocycles. The summed E-state index contributed by atoms with van der Waals surface area (Å²) in [5, 5.41) is 13.8. The number of rotatable bonds is 0. The van der Waals surface area contributed by atoms with Gasteiger partial charge in [0, 0.05) is 16.5 Å². The summed E-state index contributed by atoms with van der Waals surface area (Å²) in [7, 11) is 0. The van der Waals surface area contributed by atoms with E-state index in [1.807, 2.05) is 30.3 Å². The number of H-pyrrole nitrogens is 1. The van der Waals surface area contributed by atoms with Crippen molar-refractivity contribution in [2.24, 2.45) is 0 Å². The second-order valence-corrected chi connectivity index (χ2v) is 4.95. The van der Waals surface area contributed by atoms with Crippen molar-refractivity contribution < 1.29 is 9.90 Å². The van der Waals surface area contributed by atoms with Gasteiger partial charge in [-0.1, -0.05) is 30.3 Å². The molecule has 4 nitrogen and oxygen atoms in total. The predicted molar refractivity (Wildman–Crippen MR) is 77.7 cm³/mol. The highest BCUT2D eigenvalue weighted by molar-refractivity contribution is 6.06. The molecule has 0 radical (unpaired) electrons. The molecule has 0 saturated carbocycles. The molecule has 0 fully saturated rings. The van der Waals surface area contributed by atoms with E-state index in [-0.39, 0.29) is 11.7 Å². The van der Waals surface area contributed by atoms with Crippen LogP contribution in [0.25, 0.3) is 22.2 Å². The Bertz CT molecular complexity index is 849. The van der Waals surface area contributed by atoms with Gasteiger partial charge in [0.05, 0.1) is 17.8 Å². The Morgan fingerprint density at radius 1 is 1.05 bits per heavy atom. The lowest BCUT2D eigenvalue weighted by Gasteiger charge is -2.08. The van der Waals surface area contributed by atoms with Gasteiger partial charge < -0.3 is 15.4 Å². The van der Waals surface area contributed by atoms with Gasteiger partial charge in [0.1, 0.15) is 5.75 Å². The Hall–Kier alpha value is -2.75. The highest BCUT2D eigenvalue weighted by Crippen LogP contribution is 2.40. The molecule has 4 rings (SSSR count). The molecular weight excluding hydrogens is 252 g/mol. The van der Waals surface area contributed by atoms with E-state index >= 15 is 0 Å². The summed E-state index contributed by atoms with van der Waals surface area (Å²) in [6.07, 6.45) is 0.299. The van der Waals surface area contributed by atoms with Crippen LogP contribution in [0.3, 0.4) is 0 Å². The summed E-state index contributed by atoms with van der Waals surface area (Å²) in [6, 6.07) is 13.2. The third kappa shape index (κ3) is 1.45. The number of phenolic OH excluding ortho intramolecular Hbond substituents is 1. The number of hydrogen-bond donors (Lipinski definition) is 3. The smallest absolute Gasteiger partial charge is 0.229 e. The van der Waals surface area contributed by atoms with E-state index in [1.165, 1.54) is 0 Å². The van der Waals surface area contributed by atoms with Gasteiger partial charge in [-0.3, -0.25) is 4.79 Å². The van der Waals surface area contributed by atoms with E-state index in [0.29, 0.717) is 12.1 Å². The van der Waals surface area contributed by atoms with Crippen molar-refractivity contribution >= 4 is 22.5 Å². The van der Waals surface area contributed by atoms with Crippen LogP contribution in [0.5, 0.6) is 5.75 Å². The van der Waals surface area contributed by atoms with Crippen molar-refractivity contribution in [1.29, 1.82) is 0 Å². The molecule has 1 aliphatic heterocycles. The molecule has 0 spiro atoms. The Balaban J connectivity index is 2.12. The van der Waals surface area contributed by atoms with Crippen LogP contribution in [0.15, 0.2) is 42.5 Å². The number of anilines is 1. The molecule has 20 heavy (non-hydrogen) atoms. The number of carbonyl (C=O) groups is 1. The fourth-order valence-electron chi connectivity index (χ4n) is 2.84. The van der Waals surface area contributed by atoms with Gasteiger partial charge >= 0.3 is 0 Å². The van der Waals surface area contributed by atoms with Crippen molar-refractivity contribution in [1.82, 2.24) is 4.98 Å². The minimum absolute atomic E-state index is 0.0855. The van der Waals surface area contributed by atoms with Gasteiger partial charge in [0.15, 0.2) is 0 Å². The van der Waals surface area contributed by atoms with Gasteiger partial charge in [-0.2, -0.15) is 0 Å². The molecule has 0 atom stereocenters. The molecule has 0 aliphatic carbocycles. The molecule has 1 aromatic heterocycles. The number of hydrogen-bond acceptors (Lipinski definition) is 2. The van der Waals surface area contributed by atoms with E-state index in [9.17, 15) is 9.90 Å². The van der Waals surface area contributed by atoms with E-state index in [2.05, 4.69) is 10.3 Å². The molecule has 3 N–H and O–H groups in total. The van der Waals surface area contributed by atoms with E-state index < -0.39 is 0 Å². The molecule has 2 heterocycles. The number of amides is 1. The zero-order chi connectivity index (χ0) is 13.7. The topological polar surface area (TPSA) is 65.1 Å². The van der Waals surface area contributed by atoms with Crippen molar-refractivity contribution in [3.8, 4) is 17.0 Å². The third-order valence-corrected chi connectivity index (χ3v) is 3.73. The number of aromatic hydroxyl groups is 1. The van der Waals surface area contributed by atoms with Crippen LogP contribution in [0.1, 0.15) is 5.56 Å². The van der Waals surface area contributed by atoms with Crippen LogP contribution in [0.4, 0.5) is 5.69 Å². The quantitative estimate of drug-likeness (QED) is 0.546. The summed E-state index contributed by atoms with van der Waals surface area (Å²) in [4.78, 5) is 15.4. The van der Waals surface area contributed by atoms with Crippen LogP contribution < -0.4 is 5.32 Å². The summed E-state index contributed by atoms with van der Waals surface area (Å²) in [6.45, 7) is 0. The maximum atomic E-state index is 12.1. The summed E-state index contributed by atoms with van der Waals surface area (Å²) < 4.78 is 0. The van der Waals surface area contributed by atoms with Crippen molar-refractivity contribution in [2.45, 2.75) is 6.42 Å². The molecule has 3 aromatic rings. The van der Waals surface area contributed by atoms with Gasteiger partial charge in [-0.15, -0.1) is 0 Å². The van der Waals surface area contributed by atoms with Crippen LogP contribution in [0.2, 0.25) is 0 Å². The first-order chi connectivity index (χ1) is 9.74. The number of aromatic amines is 1. The lowest BCUT2D eigenvalue weighted by Crippen LogP contribution is -2.12. The van der Waals surface area contributed by atoms with Crippen molar-refractivity contribution in [2.75, 3.05) is 5.32 Å². The fraction of sp³-hybridized carbons (Fsp3) is 0.0625. The van der Waals surface area contributed by atoms with E-state index in [4.69, 9.17) is 0 Å². The molecule has 0 unspecified atom stereocenters. The number of para-hydroxylation sites is 2. The van der Waals surface area contributed by atoms with Gasteiger partial charge in [-0.05, 0) is 17.7 Å². The molecule has 98 valence electrons. The van der Waals surface area contributed by atoms with E-state index in [0.717, 1.165) is 27.7 Å². The van der Waals surface area contributed by atoms with Crippen molar-refractivity contribution in [3.05, 3.63) is 48.0 Å².